The summed E-state index contributed by atoms with van der Waals surface area (Å²) < 4.78 is 10.0. The van der Waals surface area contributed by atoms with Gasteiger partial charge in [0.25, 0.3) is 0 Å². The molecular formula is C21H27NO4. The van der Waals surface area contributed by atoms with Crippen LogP contribution >= 0.6 is 0 Å². The van der Waals surface area contributed by atoms with Gasteiger partial charge >= 0.3 is 11.9 Å². The van der Waals surface area contributed by atoms with Gasteiger partial charge in [-0.3, -0.25) is 4.79 Å². The highest BCUT2D eigenvalue weighted by atomic mass is 16.5. The van der Waals surface area contributed by atoms with Crippen LogP contribution < -0.4 is 4.90 Å². The zero-order chi connectivity index (χ0) is 18.8. The van der Waals surface area contributed by atoms with Gasteiger partial charge in [0.2, 0.25) is 0 Å². The lowest BCUT2D eigenvalue weighted by molar-refractivity contribution is -0.143. The quantitative estimate of drug-likeness (QED) is 0.494. The first kappa shape index (κ1) is 19.8. The number of hydrogen-bond acceptors (Lipinski definition) is 5. The second-order valence-electron chi connectivity index (χ2n) is 5.99. The molecule has 0 bridgehead atoms. The summed E-state index contributed by atoms with van der Waals surface area (Å²) in [5.74, 6) is -0.483. The largest absolute Gasteiger partial charge is 0.466 e. The van der Waals surface area contributed by atoms with E-state index in [0.717, 1.165) is 24.9 Å². The Hall–Kier alpha value is -2.56. The number of esters is 2. The molecule has 0 N–H and O–H groups in total. The smallest absolute Gasteiger partial charge is 0.330 e. The number of nitrogens with zero attached hydrogens (tertiary/aromatic N) is 1. The molecule has 140 valence electrons. The van der Waals surface area contributed by atoms with Crippen molar-refractivity contribution < 1.29 is 19.1 Å². The zero-order valence-corrected chi connectivity index (χ0v) is 15.5. The third-order valence-electron chi connectivity index (χ3n) is 4.15. The number of anilines is 1. The predicted octanol–water partition coefficient (Wildman–Crippen LogP) is 4.00. The van der Waals surface area contributed by atoms with Gasteiger partial charge in [-0.15, -0.1) is 0 Å². The molecule has 0 aromatic heterocycles. The Balaban J connectivity index is 2.02. The van der Waals surface area contributed by atoms with Crippen LogP contribution in [0.1, 0.15) is 39.5 Å². The first-order chi connectivity index (χ1) is 12.7. The lowest BCUT2D eigenvalue weighted by Crippen LogP contribution is -2.32. The van der Waals surface area contributed by atoms with E-state index in [1.165, 1.54) is 11.8 Å². The van der Waals surface area contributed by atoms with Crippen LogP contribution in [0.5, 0.6) is 0 Å². The van der Waals surface area contributed by atoms with Crippen LogP contribution in [0.15, 0.2) is 54.3 Å². The summed E-state index contributed by atoms with van der Waals surface area (Å²) in [5.41, 5.74) is 2.24. The van der Waals surface area contributed by atoms with E-state index in [-0.39, 0.29) is 18.0 Å². The Morgan fingerprint density at radius 2 is 1.88 bits per heavy atom. The van der Waals surface area contributed by atoms with Crippen molar-refractivity contribution in [3.8, 4) is 0 Å². The van der Waals surface area contributed by atoms with Gasteiger partial charge in [-0.05, 0) is 45.2 Å². The molecule has 0 saturated heterocycles. The van der Waals surface area contributed by atoms with Crippen molar-refractivity contribution in [2.24, 2.45) is 0 Å². The van der Waals surface area contributed by atoms with E-state index in [1.54, 1.807) is 6.92 Å². The predicted molar refractivity (Wildman–Crippen MR) is 102 cm³/mol. The summed E-state index contributed by atoms with van der Waals surface area (Å²) >= 11 is 0. The number of benzene rings is 1. The molecule has 0 radical (unpaired) electrons. The van der Waals surface area contributed by atoms with Gasteiger partial charge in [0.05, 0.1) is 19.6 Å². The SMILES string of the molecule is CCOC(=O)/C=C/CCC1=CCC(CC(=O)OCC)N1c1ccccc1. The van der Waals surface area contributed by atoms with Gasteiger partial charge in [0.15, 0.2) is 0 Å². The van der Waals surface area contributed by atoms with Crippen LogP contribution in [-0.4, -0.2) is 31.2 Å². The van der Waals surface area contributed by atoms with E-state index >= 15 is 0 Å². The third kappa shape index (κ3) is 5.76. The topological polar surface area (TPSA) is 55.8 Å². The van der Waals surface area contributed by atoms with E-state index in [0.29, 0.717) is 19.6 Å². The fourth-order valence-corrected chi connectivity index (χ4v) is 3.09. The summed E-state index contributed by atoms with van der Waals surface area (Å²) in [6.07, 6.45) is 8.19. The molecule has 1 aromatic rings. The van der Waals surface area contributed by atoms with Gasteiger partial charge in [-0.2, -0.15) is 0 Å². The molecular weight excluding hydrogens is 330 g/mol. The van der Waals surface area contributed by atoms with Crippen molar-refractivity contribution in [3.63, 3.8) is 0 Å². The minimum absolute atomic E-state index is 0.0699. The molecule has 0 spiro atoms. The average molecular weight is 357 g/mol. The Morgan fingerprint density at radius 1 is 1.15 bits per heavy atom. The number of carbonyl (C=O) groups is 2. The van der Waals surface area contributed by atoms with Crippen molar-refractivity contribution in [3.05, 3.63) is 54.3 Å². The number of ether oxygens (including phenoxy) is 2. The highest BCUT2D eigenvalue weighted by Gasteiger charge is 2.29. The fraction of sp³-hybridized carbons (Fsp3) is 0.429. The van der Waals surface area contributed by atoms with Crippen LogP contribution in [0.3, 0.4) is 0 Å². The average Bonchev–Trinajstić information content (AvgIpc) is 3.02. The highest BCUT2D eigenvalue weighted by Crippen LogP contribution is 2.33. The molecule has 1 aromatic carbocycles. The van der Waals surface area contributed by atoms with Crippen LogP contribution in [0.25, 0.3) is 0 Å². The molecule has 1 heterocycles. The molecule has 5 nitrogen and oxygen atoms in total. The van der Waals surface area contributed by atoms with Crippen molar-refractivity contribution in [2.45, 2.75) is 45.6 Å². The lowest BCUT2D eigenvalue weighted by Gasteiger charge is -2.29. The van der Waals surface area contributed by atoms with E-state index in [1.807, 2.05) is 43.3 Å². The first-order valence-electron chi connectivity index (χ1n) is 9.17. The van der Waals surface area contributed by atoms with Crippen LogP contribution in [0.2, 0.25) is 0 Å². The van der Waals surface area contributed by atoms with Gasteiger partial charge in [0.1, 0.15) is 0 Å². The first-order valence-corrected chi connectivity index (χ1v) is 9.17. The second-order valence-corrected chi connectivity index (χ2v) is 5.99. The monoisotopic (exact) mass is 357 g/mol. The minimum Gasteiger partial charge on any atom is -0.466 e. The van der Waals surface area contributed by atoms with Crippen LogP contribution in [-0.2, 0) is 19.1 Å². The van der Waals surface area contributed by atoms with Crippen molar-refractivity contribution in [1.82, 2.24) is 0 Å². The molecule has 0 aliphatic carbocycles. The number of hydrogen-bond donors (Lipinski definition) is 0. The van der Waals surface area contributed by atoms with Gasteiger partial charge in [-0.1, -0.05) is 30.4 Å². The summed E-state index contributed by atoms with van der Waals surface area (Å²) in [6.45, 7) is 4.39. The fourth-order valence-electron chi connectivity index (χ4n) is 3.09. The Labute approximate surface area is 155 Å². The summed E-state index contributed by atoms with van der Waals surface area (Å²) in [5, 5.41) is 0. The minimum atomic E-state index is -0.312. The molecule has 5 heteroatoms. The molecule has 1 aliphatic heterocycles. The maximum Gasteiger partial charge on any atom is 0.330 e. The number of rotatable bonds is 9. The Morgan fingerprint density at radius 3 is 2.58 bits per heavy atom. The van der Waals surface area contributed by atoms with E-state index in [4.69, 9.17) is 9.47 Å². The maximum absolute atomic E-state index is 11.9. The summed E-state index contributed by atoms with van der Waals surface area (Å²) in [4.78, 5) is 25.5. The highest BCUT2D eigenvalue weighted by molar-refractivity contribution is 5.81. The summed E-state index contributed by atoms with van der Waals surface area (Å²) in [7, 11) is 0. The zero-order valence-electron chi connectivity index (χ0n) is 15.5. The summed E-state index contributed by atoms with van der Waals surface area (Å²) in [6, 6.07) is 10.1. The molecule has 2 rings (SSSR count). The standard InChI is InChI=1S/C21H27NO4/c1-3-25-20(23)13-9-8-12-18-14-15-19(16-21(24)26-4-2)22(18)17-10-6-5-7-11-17/h5-7,9-11,13-14,19H,3-4,8,12,15-16H2,1-2H3/b13-9+. The van der Waals surface area contributed by atoms with Gasteiger partial charge in [0, 0.05) is 23.5 Å². The number of allylic oxidation sites excluding steroid dienone is 2. The molecule has 1 atom stereocenters. The number of carbonyl (C=O) groups excluding carboxylic acids is 2. The van der Waals surface area contributed by atoms with Crippen molar-refractivity contribution >= 4 is 17.6 Å². The second kappa shape index (κ2) is 10.4. The van der Waals surface area contributed by atoms with Gasteiger partial charge < -0.3 is 14.4 Å². The molecule has 0 amide bonds. The Kier molecular flexibility index (Phi) is 7.93. The molecule has 0 fully saturated rings. The molecule has 1 unspecified atom stereocenters. The van der Waals surface area contributed by atoms with Gasteiger partial charge in [-0.25, -0.2) is 4.79 Å². The van der Waals surface area contributed by atoms with Crippen molar-refractivity contribution in [2.75, 3.05) is 18.1 Å². The normalized spacial score (nSPS) is 16.6. The molecule has 1 aliphatic rings. The lowest BCUT2D eigenvalue weighted by atomic mass is 10.1. The van der Waals surface area contributed by atoms with E-state index in [9.17, 15) is 9.59 Å². The van der Waals surface area contributed by atoms with Crippen LogP contribution in [0.4, 0.5) is 5.69 Å². The van der Waals surface area contributed by atoms with E-state index < -0.39 is 0 Å². The molecule has 0 saturated carbocycles. The van der Waals surface area contributed by atoms with Crippen molar-refractivity contribution in [1.29, 1.82) is 0 Å². The maximum atomic E-state index is 11.9. The molecule has 26 heavy (non-hydrogen) atoms. The third-order valence-corrected chi connectivity index (χ3v) is 4.15. The van der Waals surface area contributed by atoms with Crippen LogP contribution in [0, 0.1) is 0 Å². The Bertz CT molecular complexity index is 651. The van der Waals surface area contributed by atoms with E-state index in [2.05, 4.69) is 11.0 Å². The number of para-hydroxylation sites is 1.